The van der Waals surface area contributed by atoms with Gasteiger partial charge < -0.3 is 9.84 Å². The third-order valence-electron chi connectivity index (χ3n) is 4.43. The molecule has 1 aliphatic carbocycles. The van der Waals surface area contributed by atoms with Crippen LogP contribution in [0.4, 0.5) is 0 Å². The molecule has 128 valence electrons. The molecule has 5 nitrogen and oxygen atoms in total. The molecule has 0 amide bonds. The predicted molar refractivity (Wildman–Crippen MR) is 91.7 cm³/mol. The smallest absolute Gasteiger partial charge is 0.240 e. The van der Waals surface area contributed by atoms with Gasteiger partial charge >= 0.3 is 0 Å². The summed E-state index contributed by atoms with van der Waals surface area (Å²) in [6.07, 6.45) is 0.903. The molecular weight excluding hydrogens is 326 g/mol. The number of hydrogen-bond acceptors (Lipinski definition) is 4. The van der Waals surface area contributed by atoms with Crippen molar-refractivity contribution in [3.63, 3.8) is 0 Å². The maximum atomic E-state index is 12.5. The van der Waals surface area contributed by atoms with Crippen LogP contribution in [0.15, 0.2) is 47.4 Å². The SMILES string of the molecule is COc1ccc(S(=O)(=O)NCC2(O)Cc3ccccc3C2)cc1C. The zero-order chi connectivity index (χ0) is 17.4. The van der Waals surface area contributed by atoms with Gasteiger partial charge in [-0.3, -0.25) is 0 Å². The molecule has 2 aromatic carbocycles. The topological polar surface area (TPSA) is 75.6 Å². The quantitative estimate of drug-likeness (QED) is 0.865. The van der Waals surface area contributed by atoms with Gasteiger partial charge in [0, 0.05) is 19.4 Å². The lowest BCUT2D eigenvalue weighted by Gasteiger charge is -2.22. The number of benzene rings is 2. The standard InChI is InChI=1S/C18H21NO4S/c1-13-9-16(7-8-17(13)23-2)24(21,22)19-12-18(20)10-14-5-3-4-6-15(14)11-18/h3-9,19-20H,10-12H2,1-2H3. The van der Waals surface area contributed by atoms with Crippen molar-refractivity contribution < 1.29 is 18.3 Å². The average molecular weight is 347 g/mol. The molecule has 0 aliphatic heterocycles. The second kappa shape index (κ2) is 6.20. The van der Waals surface area contributed by atoms with E-state index >= 15 is 0 Å². The minimum atomic E-state index is -3.69. The van der Waals surface area contributed by atoms with Crippen molar-refractivity contribution in [2.75, 3.05) is 13.7 Å². The minimum Gasteiger partial charge on any atom is -0.496 e. The van der Waals surface area contributed by atoms with Gasteiger partial charge in [-0.05, 0) is 41.8 Å². The lowest BCUT2D eigenvalue weighted by atomic mass is 10.0. The van der Waals surface area contributed by atoms with Gasteiger partial charge in [-0.1, -0.05) is 24.3 Å². The molecule has 0 unspecified atom stereocenters. The van der Waals surface area contributed by atoms with Crippen LogP contribution in [0.1, 0.15) is 16.7 Å². The molecule has 3 rings (SSSR count). The Balaban J connectivity index is 1.73. The largest absolute Gasteiger partial charge is 0.496 e. The van der Waals surface area contributed by atoms with E-state index in [1.54, 1.807) is 26.2 Å². The predicted octanol–water partition coefficient (Wildman–Crippen LogP) is 1.81. The van der Waals surface area contributed by atoms with Crippen LogP contribution in [0.2, 0.25) is 0 Å². The van der Waals surface area contributed by atoms with E-state index in [2.05, 4.69) is 4.72 Å². The summed E-state index contributed by atoms with van der Waals surface area (Å²) in [5, 5.41) is 10.7. The molecule has 0 bridgehead atoms. The average Bonchev–Trinajstić information content (AvgIpc) is 2.90. The Morgan fingerprint density at radius 1 is 1.17 bits per heavy atom. The molecule has 0 saturated carbocycles. The van der Waals surface area contributed by atoms with Crippen LogP contribution in [-0.4, -0.2) is 32.8 Å². The highest BCUT2D eigenvalue weighted by atomic mass is 32.2. The van der Waals surface area contributed by atoms with Crippen molar-refractivity contribution >= 4 is 10.0 Å². The van der Waals surface area contributed by atoms with Gasteiger partial charge in [0.05, 0.1) is 17.6 Å². The molecule has 0 saturated heterocycles. The summed E-state index contributed by atoms with van der Waals surface area (Å²) in [6.45, 7) is 1.77. The third-order valence-corrected chi connectivity index (χ3v) is 5.82. The minimum absolute atomic E-state index is 0.0188. The molecule has 0 aromatic heterocycles. The van der Waals surface area contributed by atoms with E-state index in [1.807, 2.05) is 24.3 Å². The molecule has 2 N–H and O–H groups in total. The van der Waals surface area contributed by atoms with Gasteiger partial charge in [0.2, 0.25) is 10.0 Å². The van der Waals surface area contributed by atoms with Crippen LogP contribution in [0.5, 0.6) is 5.75 Å². The van der Waals surface area contributed by atoms with Gasteiger partial charge in [0.1, 0.15) is 5.75 Å². The van der Waals surface area contributed by atoms with Gasteiger partial charge in [0.15, 0.2) is 0 Å². The van der Waals surface area contributed by atoms with Gasteiger partial charge in [-0.2, -0.15) is 0 Å². The number of hydrogen-bond donors (Lipinski definition) is 2. The van der Waals surface area contributed by atoms with Crippen molar-refractivity contribution in [2.24, 2.45) is 0 Å². The van der Waals surface area contributed by atoms with E-state index in [4.69, 9.17) is 4.74 Å². The third kappa shape index (κ3) is 3.31. The van der Waals surface area contributed by atoms with Crippen LogP contribution in [0, 0.1) is 6.92 Å². The fourth-order valence-electron chi connectivity index (χ4n) is 3.13. The Hall–Kier alpha value is -1.89. The van der Waals surface area contributed by atoms with Crippen LogP contribution < -0.4 is 9.46 Å². The maximum absolute atomic E-state index is 12.5. The molecule has 0 atom stereocenters. The number of methoxy groups -OCH3 is 1. The van der Waals surface area contributed by atoms with Crippen molar-refractivity contribution in [1.82, 2.24) is 4.72 Å². The van der Waals surface area contributed by atoms with Gasteiger partial charge in [-0.15, -0.1) is 0 Å². The van der Waals surface area contributed by atoms with Gasteiger partial charge in [0.25, 0.3) is 0 Å². The number of fused-ring (bicyclic) bond motifs is 1. The van der Waals surface area contributed by atoms with Crippen molar-refractivity contribution in [3.05, 3.63) is 59.2 Å². The Morgan fingerprint density at radius 3 is 2.33 bits per heavy atom. The molecule has 2 aromatic rings. The first-order valence-electron chi connectivity index (χ1n) is 7.76. The summed E-state index contributed by atoms with van der Waals surface area (Å²) in [4.78, 5) is 0.167. The summed E-state index contributed by atoms with van der Waals surface area (Å²) in [5.41, 5.74) is 1.80. The lowest BCUT2D eigenvalue weighted by molar-refractivity contribution is 0.0567. The monoisotopic (exact) mass is 347 g/mol. The van der Waals surface area contributed by atoms with Crippen LogP contribution in [0.25, 0.3) is 0 Å². The van der Waals surface area contributed by atoms with E-state index in [0.29, 0.717) is 18.6 Å². The molecule has 0 fully saturated rings. The summed E-state index contributed by atoms with van der Waals surface area (Å²) in [7, 11) is -2.14. The van der Waals surface area contributed by atoms with E-state index in [-0.39, 0.29) is 11.4 Å². The number of rotatable bonds is 5. The normalized spacial score (nSPS) is 16.0. The highest BCUT2D eigenvalue weighted by molar-refractivity contribution is 7.89. The molecule has 24 heavy (non-hydrogen) atoms. The molecule has 0 spiro atoms. The Kier molecular flexibility index (Phi) is 4.38. The Morgan fingerprint density at radius 2 is 1.79 bits per heavy atom. The van der Waals surface area contributed by atoms with E-state index in [9.17, 15) is 13.5 Å². The van der Waals surface area contributed by atoms with Crippen molar-refractivity contribution in [3.8, 4) is 5.75 Å². The summed E-state index contributed by atoms with van der Waals surface area (Å²) in [6, 6.07) is 12.5. The molecule has 0 radical (unpaired) electrons. The fourth-order valence-corrected chi connectivity index (χ4v) is 4.33. The zero-order valence-corrected chi connectivity index (χ0v) is 14.6. The van der Waals surface area contributed by atoms with Crippen LogP contribution in [-0.2, 0) is 22.9 Å². The second-order valence-electron chi connectivity index (χ2n) is 6.30. The molecule has 6 heteroatoms. The Labute approximate surface area is 142 Å². The maximum Gasteiger partial charge on any atom is 0.240 e. The van der Waals surface area contributed by atoms with Crippen LogP contribution in [0.3, 0.4) is 0 Å². The molecule has 1 aliphatic rings. The lowest BCUT2D eigenvalue weighted by Crippen LogP contribution is -2.43. The molecule has 0 heterocycles. The fraction of sp³-hybridized carbons (Fsp3) is 0.333. The van der Waals surface area contributed by atoms with Crippen LogP contribution >= 0.6 is 0 Å². The van der Waals surface area contributed by atoms with E-state index in [0.717, 1.165) is 16.7 Å². The molecular formula is C18H21NO4S. The van der Waals surface area contributed by atoms with Crippen molar-refractivity contribution in [2.45, 2.75) is 30.3 Å². The first-order chi connectivity index (χ1) is 11.3. The van der Waals surface area contributed by atoms with E-state index in [1.165, 1.54) is 6.07 Å². The number of sulfonamides is 1. The van der Waals surface area contributed by atoms with E-state index < -0.39 is 15.6 Å². The summed E-state index contributed by atoms with van der Waals surface area (Å²) >= 11 is 0. The first-order valence-corrected chi connectivity index (χ1v) is 9.25. The summed E-state index contributed by atoms with van der Waals surface area (Å²) < 4.78 is 32.7. The Bertz CT molecular complexity index is 836. The summed E-state index contributed by atoms with van der Waals surface area (Å²) in [5.74, 6) is 0.638. The highest BCUT2D eigenvalue weighted by Crippen LogP contribution is 2.30. The highest BCUT2D eigenvalue weighted by Gasteiger charge is 2.36. The number of ether oxygens (including phenoxy) is 1. The number of aliphatic hydroxyl groups is 1. The zero-order valence-electron chi connectivity index (χ0n) is 13.7. The van der Waals surface area contributed by atoms with Crippen molar-refractivity contribution in [1.29, 1.82) is 0 Å². The first kappa shape index (κ1) is 17.0. The number of nitrogens with one attached hydrogen (secondary N) is 1. The van der Waals surface area contributed by atoms with Gasteiger partial charge in [-0.25, -0.2) is 13.1 Å². The second-order valence-corrected chi connectivity index (χ2v) is 8.07. The number of aryl methyl sites for hydroxylation is 1.